The second-order valence-electron chi connectivity index (χ2n) is 8.94. The zero-order chi connectivity index (χ0) is 24.9. The van der Waals surface area contributed by atoms with Gasteiger partial charge in [0.2, 0.25) is 0 Å². The summed E-state index contributed by atoms with van der Waals surface area (Å²) in [6.07, 6.45) is 3.21. The van der Waals surface area contributed by atoms with Crippen molar-refractivity contribution < 1.29 is 14.7 Å². The highest BCUT2D eigenvalue weighted by Gasteiger charge is 2.28. The number of nitrogens with one attached hydrogen (secondary N) is 1. The summed E-state index contributed by atoms with van der Waals surface area (Å²) in [5, 5.41) is 12.4. The van der Waals surface area contributed by atoms with Crippen LogP contribution in [-0.4, -0.2) is 31.3 Å². The van der Waals surface area contributed by atoms with Gasteiger partial charge in [-0.3, -0.25) is 9.59 Å². The lowest BCUT2D eigenvalue weighted by Crippen LogP contribution is -2.26. The smallest absolute Gasteiger partial charge is 0.319 e. The molecule has 0 aliphatic carbocycles. The Bertz CT molecular complexity index is 1170. The Kier molecular flexibility index (Phi) is 8.20. The third-order valence-electron chi connectivity index (χ3n) is 5.82. The van der Waals surface area contributed by atoms with Crippen LogP contribution >= 0.6 is 11.8 Å². The van der Waals surface area contributed by atoms with E-state index in [1.165, 1.54) is 11.8 Å². The molecular formula is C27H33N3O3S. The molecule has 0 radical (unpaired) electrons. The number of carboxylic acid groups (broad SMARTS) is 1. The molecule has 1 amide bonds. The molecule has 34 heavy (non-hydrogen) atoms. The fraction of sp³-hybridized carbons (Fsp3) is 0.370. The Balaban J connectivity index is 1.93. The minimum Gasteiger partial charge on any atom is -0.480 e. The standard InChI is InChI=1S/C27H33N3O3S/c1-6-7-10-17-30-19(3)23(25(31)28-22-12-9-8-11-18(22)2)29-24(30)20-13-15-21(16-14-20)34-27(4,5)26(32)33/h8-9,11-16H,6-7,10,17H2,1-5H3,(H,28,31)(H,32,33). The molecule has 0 aliphatic rings. The van der Waals surface area contributed by atoms with Gasteiger partial charge < -0.3 is 15.0 Å². The summed E-state index contributed by atoms with van der Waals surface area (Å²) in [4.78, 5) is 30.2. The summed E-state index contributed by atoms with van der Waals surface area (Å²) in [6, 6.07) is 15.4. The van der Waals surface area contributed by atoms with Crippen LogP contribution in [0.2, 0.25) is 0 Å². The van der Waals surface area contributed by atoms with Gasteiger partial charge in [0.1, 0.15) is 16.3 Å². The SMILES string of the molecule is CCCCCn1c(-c2ccc(SC(C)(C)C(=O)O)cc2)nc(C(=O)Nc2ccccc2C)c1C. The number of amides is 1. The number of carboxylic acids is 1. The Morgan fingerprint density at radius 2 is 1.74 bits per heavy atom. The molecule has 0 saturated carbocycles. The molecule has 0 fully saturated rings. The van der Waals surface area contributed by atoms with Crippen LogP contribution in [-0.2, 0) is 11.3 Å². The molecule has 3 rings (SSSR count). The third kappa shape index (κ3) is 5.89. The molecule has 0 bridgehead atoms. The van der Waals surface area contributed by atoms with Gasteiger partial charge in [-0.15, -0.1) is 11.8 Å². The summed E-state index contributed by atoms with van der Waals surface area (Å²) in [6.45, 7) is 10.2. The zero-order valence-corrected chi connectivity index (χ0v) is 21.3. The number of benzene rings is 2. The maximum Gasteiger partial charge on any atom is 0.319 e. The lowest BCUT2D eigenvalue weighted by Gasteiger charge is -2.18. The number of aromatic nitrogens is 2. The molecule has 6 nitrogen and oxygen atoms in total. The molecule has 3 aromatic rings. The summed E-state index contributed by atoms with van der Waals surface area (Å²) in [7, 11) is 0. The van der Waals surface area contributed by atoms with E-state index < -0.39 is 10.7 Å². The number of aliphatic carboxylic acids is 1. The van der Waals surface area contributed by atoms with Gasteiger partial charge in [-0.05, 0) is 57.9 Å². The number of aryl methyl sites for hydroxylation is 1. The minimum absolute atomic E-state index is 0.224. The van der Waals surface area contributed by atoms with E-state index in [-0.39, 0.29) is 5.91 Å². The van der Waals surface area contributed by atoms with Crippen molar-refractivity contribution in [1.29, 1.82) is 0 Å². The highest BCUT2D eigenvalue weighted by atomic mass is 32.2. The minimum atomic E-state index is -0.919. The van der Waals surface area contributed by atoms with Gasteiger partial charge in [-0.2, -0.15) is 0 Å². The van der Waals surface area contributed by atoms with Gasteiger partial charge in [0, 0.05) is 28.4 Å². The first kappa shape index (κ1) is 25.6. The maximum atomic E-state index is 13.1. The van der Waals surface area contributed by atoms with Crippen molar-refractivity contribution >= 4 is 29.3 Å². The summed E-state index contributed by atoms with van der Waals surface area (Å²) >= 11 is 1.30. The average Bonchev–Trinajstić information content (AvgIpc) is 3.12. The van der Waals surface area contributed by atoms with Gasteiger partial charge in [-0.1, -0.05) is 50.1 Å². The molecule has 1 aromatic heterocycles. The third-order valence-corrected chi connectivity index (χ3v) is 7.01. The molecule has 0 unspecified atom stereocenters. The lowest BCUT2D eigenvalue weighted by atomic mass is 10.2. The number of nitrogens with zero attached hydrogens (tertiary/aromatic N) is 2. The second kappa shape index (κ2) is 10.9. The van der Waals surface area contributed by atoms with Crippen LogP contribution in [0.25, 0.3) is 11.4 Å². The van der Waals surface area contributed by atoms with Crippen LogP contribution in [0.3, 0.4) is 0 Å². The Hall–Kier alpha value is -3.06. The van der Waals surface area contributed by atoms with E-state index in [1.807, 2.05) is 62.4 Å². The number of rotatable bonds is 10. The first-order chi connectivity index (χ1) is 16.1. The quantitative estimate of drug-likeness (QED) is 0.254. The molecule has 0 atom stereocenters. The number of anilines is 1. The topological polar surface area (TPSA) is 84.2 Å². The maximum absolute atomic E-state index is 13.1. The zero-order valence-electron chi connectivity index (χ0n) is 20.5. The number of unbranched alkanes of at least 4 members (excludes halogenated alkanes) is 2. The summed E-state index contributed by atoms with van der Waals surface area (Å²) in [5.41, 5.74) is 3.92. The number of carbonyl (C=O) groups excluding carboxylic acids is 1. The van der Waals surface area contributed by atoms with Gasteiger partial charge in [0.05, 0.1) is 0 Å². The van der Waals surface area contributed by atoms with Crippen molar-refractivity contribution in [2.75, 3.05) is 5.32 Å². The molecule has 2 N–H and O–H groups in total. The first-order valence-corrected chi connectivity index (χ1v) is 12.4. The van der Waals surface area contributed by atoms with Crippen molar-refractivity contribution in [2.45, 2.75) is 70.1 Å². The molecule has 2 aromatic carbocycles. The highest BCUT2D eigenvalue weighted by Crippen LogP contribution is 2.34. The number of hydrogen-bond acceptors (Lipinski definition) is 4. The van der Waals surface area contributed by atoms with Crippen molar-refractivity contribution in [2.24, 2.45) is 0 Å². The van der Waals surface area contributed by atoms with Crippen LogP contribution in [0.15, 0.2) is 53.4 Å². The van der Waals surface area contributed by atoms with Crippen molar-refractivity contribution in [3.05, 3.63) is 65.5 Å². The van der Waals surface area contributed by atoms with Gasteiger partial charge >= 0.3 is 5.97 Å². The Morgan fingerprint density at radius 1 is 1.06 bits per heavy atom. The molecule has 7 heteroatoms. The fourth-order valence-electron chi connectivity index (χ4n) is 3.67. The van der Waals surface area contributed by atoms with Gasteiger partial charge in [0.15, 0.2) is 0 Å². The normalized spacial score (nSPS) is 11.4. The monoisotopic (exact) mass is 479 g/mol. The molecule has 0 aliphatic heterocycles. The first-order valence-electron chi connectivity index (χ1n) is 11.6. The van der Waals surface area contributed by atoms with Crippen molar-refractivity contribution in [1.82, 2.24) is 9.55 Å². The van der Waals surface area contributed by atoms with E-state index in [1.54, 1.807) is 13.8 Å². The Morgan fingerprint density at radius 3 is 2.35 bits per heavy atom. The largest absolute Gasteiger partial charge is 0.480 e. The molecule has 1 heterocycles. The predicted molar refractivity (Wildman–Crippen MR) is 139 cm³/mol. The number of para-hydroxylation sites is 1. The van der Waals surface area contributed by atoms with Crippen LogP contribution in [0.4, 0.5) is 5.69 Å². The Labute approximate surface area is 205 Å². The van der Waals surface area contributed by atoms with E-state index in [9.17, 15) is 14.7 Å². The molecular weight excluding hydrogens is 446 g/mol. The number of thioether (sulfide) groups is 1. The summed E-state index contributed by atoms with van der Waals surface area (Å²) in [5.74, 6) is -0.330. The van der Waals surface area contributed by atoms with E-state index >= 15 is 0 Å². The summed E-state index contributed by atoms with van der Waals surface area (Å²) < 4.78 is 1.20. The van der Waals surface area contributed by atoms with Crippen LogP contribution in [0.1, 0.15) is 61.8 Å². The fourth-order valence-corrected chi connectivity index (χ4v) is 4.62. The van der Waals surface area contributed by atoms with Crippen LogP contribution in [0.5, 0.6) is 0 Å². The van der Waals surface area contributed by atoms with Gasteiger partial charge in [-0.25, -0.2) is 4.98 Å². The van der Waals surface area contributed by atoms with Crippen molar-refractivity contribution in [3.8, 4) is 11.4 Å². The predicted octanol–water partition coefficient (Wildman–Crippen LogP) is 6.56. The average molecular weight is 480 g/mol. The molecule has 180 valence electrons. The van der Waals surface area contributed by atoms with E-state index in [0.29, 0.717) is 5.69 Å². The van der Waals surface area contributed by atoms with Crippen molar-refractivity contribution in [3.63, 3.8) is 0 Å². The number of hydrogen-bond donors (Lipinski definition) is 2. The van der Waals surface area contributed by atoms with E-state index in [4.69, 9.17) is 4.98 Å². The lowest BCUT2D eigenvalue weighted by molar-refractivity contribution is -0.138. The van der Waals surface area contributed by atoms with Crippen LogP contribution in [0, 0.1) is 13.8 Å². The molecule has 0 spiro atoms. The number of carbonyl (C=O) groups is 2. The number of imidazole rings is 1. The highest BCUT2D eigenvalue weighted by molar-refractivity contribution is 8.01. The second-order valence-corrected chi connectivity index (χ2v) is 10.6. The van der Waals surface area contributed by atoms with E-state index in [0.717, 1.165) is 59.0 Å². The van der Waals surface area contributed by atoms with Crippen LogP contribution < -0.4 is 5.32 Å². The molecule has 0 saturated heterocycles. The van der Waals surface area contributed by atoms with Gasteiger partial charge in [0.25, 0.3) is 5.91 Å². The van der Waals surface area contributed by atoms with E-state index in [2.05, 4.69) is 16.8 Å².